The number of hydrogen-bond acceptors (Lipinski definition) is 3. The monoisotopic (exact) mass is 159 g/mol. The summed E-state index contributed by atoms with van der Waals surface area (Å²) in [4.78, 5) is 2.27. The number of ether oxygens (including phenoxy) is 2. The van der Waals surface area contributed by atoms with E-state index in [0.717, 1.165) is 19.5 Å². The number of hydrogen-bond donors (Lipinski definition) is 0. The number of methoxy groups -OCH3 is 2. The number of likely N-dealkylation sites (tertiary alicyclic amines) is 1. The third-order valence-corrected chi connectivity index (χ3v) is 2.35. The molecule has 1 saturated heterocycles. The van der Waals surface area contributed by atoms with Crippen LogP contribution in [-0.4, -0.2) is 51.5 Å². The summed E-state index contributed by atoms with van der Waals surface area (Å²) in [6, 6.07) is 0. The first kappa shape index (κ1) is 8.97. The number of nitrogens with zero attached hydrogens (tertiary/aromatic N) is 1. The van der Waals surface area contributed by atoms with Crippen LogP contribution in [0.5, 0.6) is 0 Å². The maximum absolute atomic E-state index is 5.44. The quantitative estimate of drug-likeness (QED) is 0.593. The standard InChI is InChI=1S/C8H17NO2/c1-9-5-4-8(6-9,11-3)7-10-2/h4-7H2,1-3H3. The summed E-state index contributed by atoms with van der Waals surface area (Å²) in [6.07, 6.45) is 1.08. The van der Waals surface area contributed by atoms with E-state index in [4.69, 9.17) is 9.47 Å². The van der Waals surface area contributed by atoms with Crippen LogP contribution in [0.3, 0.4) is 0 Å². The highest BCUT2D eigenvalue weighted by atomic mass is 16.5. The second kappa shape index (κ2) is 3.52. The van der Waals surface area contributed by atoms with E-state index in [9.17, 15) is 0 Å². The van der Waals surface area contributed by atoms with Gasteiger partial charge in [0.15, 0.2) is 0 Å². The molecule has 3 nitrogen and oxygen atoms in total. The Labute approximate surface area is 68.3 Å². The zero-order valence-corrected chi connectivity index (χ0v) is 7.59. The molecule has 0 aromatic carbocycles. The maximum atomic E-state index is 5.44. The van der Waals surface area contributed by atoms with E-state index in [1.807, 2.05) is 0 Å². The van der Waals surface area contributed by atoms with Crippen molar-refractivity contribution >= 4 is 0 Å². The topological polar surface area (TPSA) is 21.7 Å². The van der Waals surface area contributed by atoms with Crippen molar-refractivity contribution in [3.63, 3.8) is 0 Å². The fourth-order valence-corrected chi connectivity index (χ4v) is 1.65. The van der Waals surface area contributed by atoms with Crippen LogP contribution < -0.4 is 0 Å². The Balaban J connectivity index is 2.48. The normalized spacial score (nSPS) is 33.0. The third-order valence-electron chi connectivity index (χ3n) is 2.35. The van der Waals surface area contributed by atoms with Crippen LogP contribution in [0.2, 0.25) is 0 Å². The van der Waals surface area contributed by atoms with E-state index in [1.165, 1.54) is 0 Å². The van der Waals surface area contributed by atoms with E-state index >= 15 is 0 Å². The van der Waals surface area contributed by atoms with E-state index in [2.05, 4.69) is 11.9 Å². The summed E-state index contributed by atoms with van der Waals surface area (Å²) in [6.45, 7) is 2.79. The number of likely N-dealkylation sites (N-methyl/N-ethyl adjacent to an activating group) is 1. The minimum Gasteiger partial charge on any atom is -0.382 e. The van der Waals surface area contributed by atoms with Gasteiger partial charge in [-0.25, -0.2) is 0 Å². The molecule has 0 saturated carbocycles. The van der Waals surface area contributed by atoms with Crippen LogP contribution in [0.25, 0.3) is 0 Å². The molecule has 1 aliphatic rings. The van der Waals surface area contributed by atoms with Gasteiger partial charge < -0.3 is 14.4 Å². The van der Waals surface area contributed by atoms with Gasteiger partial charge in [-0.3, -0.25) is 0 Å². The lowest BCUT2D eigenvalue weighted by molar-refractivity contribution is -0.0544. The van der Waals surface area contributed by atoms with Crippen LogP contribution in [0.4, 0.5) is 0 Å². The van der Waals surface area contributed by atoms with E-state index in [0.29, 0.717) is 6.61 Å². The van der Waals surface area contributed by atoms with Gasteiger partial charge in [0.25, 0.3) is 0 Å². The van der Waals surface area contributed by atoms with Crippen LogP contribution >= 0.6 is 0 Å². The van der Waals surface area contributed by atoms with Crippen LogP contribution in [-0.2, 0) is 9.47 Å². The summed E-state index contributed by atoms with van der Waals surface area (Å²) >= 11 is 0. The predicted octanol–water partition coefficient (Wildman–Crippen LogP) is 0.354. The fourth-order valence-electron chi connectivity index (χ4n) is 1.65. The molecule has 0 radical (unpaired) electrons. The highest BCUT2D eigenvalue weighted by Crippen LogP contribution is 2.23. The molecule has 0 spiro atoms. The predicted molar refractivity (Wildman–Crippen MR) is 43.7 cm³/mol. The first-order valence-electron chi connectivity index (χ1n) is 3.95. The van der Waals surface area contributed by atoms with Gasteiger partial charge in [0.1, 0.15) is 5.60 Å². The van der Waals surface area contributed by atoms with Crippen LogP contribution in [0.15, 0.2) is 0 Å². The SMILES string of the molecule is COCC1(OC)CCN(C)C1. The zero-order chi connectivity index (χ0) is 8.32. The second-order valence-corrected chi connectivity index (χ2v) is 3.31. The van der Waals surface area contributed by atoms with Crippen LogP contribution in [0, 0.1) is 0 Å². The number of rotatable bonds is 3. The summed E-state index contributed by atoms with van der Waals surface area (Å²) in [7, 11) is 5.59. The molecule has 0 aromatic rings. The molecule has 1 unspecified atom stereocenters. The zero-order valence-electron chi connectivity index (χ0n) is 7.59. The molecule has 0 amide bonds. The van der Waals surface area contributed by atoms with E-state index in [1.54, 1.807) is 14.2 Å². The Morgan fingerprint density at radius 3 is 2.55 bits per heavy atom. The largest absolute Gasteiger partial charge is 0.382 e. The maximum Gasteiger partial charge on any atom is 0.105 e. The Morgan fingerprint density at radius 2 is 2.18 bits per heavy atom. The smallest absolute Gasteiger partial charge is 0.105 e. The van der Waals surface area contributed by atoms with Crippen molar-refractivity contribution < 1.29 is 9.47 Å². The van der Waals surface area contributed by atoms with Crippen molar-refractivity contribution in [2.45, 2.75) is 12.0 Å². The summed E-state index contributed by atoms with van der Waals surface area (Å²) in [5.41, 5.74) is -0.0382. The molecule has 11 heavy (non-hydrogen) atoms. The van der Waals surface area contributed by atoms with Gasteiger partial charge in [-0.1, -0.05) is 0 Å². The molecule has 3 heteroatoms. The van der Waals surface area contributed by atoms with Crippen molar-refractivity contribution in [2.75, 3.05) is 41.0 Å². The molecule has 66 valence electrons. The van der Waals surface area contributed by atoms with Crippen molar-refractivity contribution in [1.82, 2.24) is 4.90 Å². The lowest BCUT2D eigenvalue weighted by atomic mass is 10.1. The average molecular weight is 159 g/mol. The Bertz CT molecular complexity index is 125. The van der Waals surface area contributed by atoms with Crippen molar-refractivity contribution in [3.05, 3.63) is 0 Å². The second-order valence-electron chi connectivity index (χ2n) is 3.31. The van der Waals surface area contributed by atoms with Gasteiger partial charge in [-0.15, -0.1) is 0 Å². The Kier molecular flexibility index (Phi) is 2.87. The minimum atomic E-state index is -0.0382. The third kappa shape index (κ3) is 1.92. The Hall–Kier alpha value is -0.120. The lowest BCUT2D eigenvalue weighted by Crippen LogP contribution is -2.38. The molecule has 1 fully saturated rings. The van der Waals surface area contributed by atoms with Crippen molar-refractivity contribution in [3.8, 4) is 0 Å². The van der Waals surface area contributed by atoms with Gasteiger partial charge in [0.05, 0.1) is 6.61 Å². The van der Waals surface area contributed by atoms with Gasteiger partial charge in [-0.05, 0) is 13.5 Å². The summed E-state index contributed by atoms with van der Waals surface area (Å²) < 4.78 is 10.6. The molecule has 0 aromatic heterocycles. The molecule has 1 rings (SSSR count). The van der Waals surface area contributed by atoms with E-state index in [-0.39, 0.29) is 5.60 Å². The van der Waals surface area contributed by atoms with Crippen LogP contribution in [0.1, 0.15) is 6.42 Å². The minimum absolute atomic E-state index is 0.0382. The lowest BCUT2D eigenvalue weighted by Gasteiger charge is -2.26. The molecular formula is C8H17NO2. The molecule has 1 atom stereocenters. The average Bonchev–Trinajstić information content (AvgIpc) is 2.34. The first-order chi connectivity index (χ1) is 5.22. The van der Waals surface area contributed by atoms with Gasteiger partial charge >= 0.3 is 0 Å². The van der Waals surface area contributed by atoms with Gasteiger partial charge in [0, 0.05) is 27.3 Å². The van der Waals surface area contributed by atoms with Crippen molar-refractivity contribution in [2.24, 2.45) is 0 Å². The van der Waals surface area contributed by atoms with E-state index < -0.39 is 0 Å². The molecule has 1 aliphatic heterocycles. The molecule has 0 bridgehead atoms. The van der Waals surface area contributed by atoms with Gasteiger partial charge in [-0.2, -0.15) is 0 Å². The van der Waals surface area contributed by atoms with Gasteiger partial charge in [0.2, 0.25) is 0 Å². The molecule has 1 heterocycles. The summed E-state index contributed by atoms with van der Waals surface area (Å²) in [5.74, 6) is 0. The highest BCUT2D eigenvalue weighted by Gasteiger charge is 2.36. The molecule has 0 N–H and O–H groups in total. The molecular weight excluding hydrogens is 142 g/mol. The molecule has 0 aliphatic carbocycles. The fraction of sp³-hybridized carbons (Fsp3) is 1.00. The Morgan fingerprint density at radius 1 is 1.45 bits per heavy atom. The highest BCUT2D eigenvalue weighted by molar-refractivity contribution is 4.90. The first-order valence-corrected chi connectivity index (χ1v) is 3.95. The van der Waals surface area contributed by atoms with Crippen molar-refractivity contribution in [1.29, 1.82) is 0 Å². The summed E-state index contributed by atoms with van der Waals surface area (Å²) in [5, 5.41) is 0.